The molecule has 0 amide bonds. The summed E-state index contributed by atoms with van der Waals surface area (Å²) < 4.78 is 0. The fraction of sp³-hybridized carbons (Fsp3) is 0.333. The van der Waals surface area contributed by atoms with Gasteiger partial charge in [0.15, 0.2) is 0 Å². The molecule has 0 spiro atoms. The Labute approximate surface area is 83.6 Å². The van der Waals surface area contributed by atoms with E-state index in [1.807, 2.05) is 6.92 Å². The maximum atomic E-state index is 9.66. The van der Waals surface area contributed by atoms with Crippen LogP contribution in [-0.4, -0.2) is 10.1 Å². The van der Waals surface area contributed by atoms with E-state index in [1.54, 1.807) is 6.92 Å². The Morgan fingerprint density at radius 3 is 2.64 bits per heavy atom. The number of hydrogen-bond acceptors (Lipinski definition) is 1. The van der Waals surface area contributed by atoms with Crippen molar-refractivity contribution in [3.63, 3.8) is 0 Å². The molecule has 0 aliphatic heterocycles. The van der Waals surface area contributed by atoms with Crippen molar-refractivity contribution in [3.8, 4) is 0 Å². The maximum Gasteiger partial charge on any atom is 0.0785 e. The largest absolute Gasteiger partial charge is 0.389 e. The molecule has 1 heterocycles. The number of aromatic amines is 1. The predicted molar refractivity (Wildman–Crippen MR) is 58.4 cm³/mol. The molecule has 2 nitrogen and oxygen atoms in total. The van der Waals surface area contributed by atoms with Gasteiger partial charge in [-0.15, -0.1) is 0 Å². The summed E-state index contributed by atoms with van der Waals surface area (Å²) in [6.45, 7) is 5.86. The second-order valence-electron chi connectivity index (χ2n) is 3.89. The minimum Gasteiger partial charge on any atom is -0.389 e. The van der Waals surface area contributed by atoms with Gasteiger partial charge in [-0.3, -0.25) is 0 Å². The first-order chi connectivity index (χ1) is 6.59. The van der Waals surface area contributed by atoms with E-state index in [9.17, 15) is 5.11 Å². The van der Waals surface area contributed by atoms with E-state index < -0.39 is 6.10 Å². The van der Waals surface area contributed by atoms with Crippen molar-refractivity contribution < 1.29 is 5.11 Å². The van der Waals surface area contributed by atoms with Crippen LogP contribution in [0.25, 0.3) is 10.9 Å². The average Bonchev–Trinajstić information content (AvgIpc) is 2.40. The number of benzene rings is 1. The van der Waals surface area contributed by atoms with E-state index in [1.165, 1.54) is 5.56 Å². The van der Waals surface area contributed by atoms with Gasteiger partial charge in [-0.1, -0.05) is 11.6 Å². The molecule has 0 fully saturated rings. The highest BCUT2D eigenvalue weighted by molar-refractivity contribution is 5.85. The molecule has 1 aromatic carbocycles. The first-order valence-corrected chi connectivity index (χ1v) is 4.86. The molecule has 0 radical (unpaired) electrons. The molecule has 2 rings (SSSR count). The summed E-state index contributed by atoms with van der Waals surface area (Å²) in [6, 6.07) is 6.24. The van der Waals surface area contributed by atoms with E-state index in [-0.39, 0.29) is 0 Å². The number of aryl methyl sites for hydroxylation is 2. The van der Waals surface area contributed by atoms with Crippen molar-refractivity contribution in [1.82, 2.24) is 4.98 Å². The molecule has 0 bridgehead atoms. The Bertz CT molecular complexity index is 468. The van der Waals surface area contributed by atoms with Gasteiger partial charge in [-0.25, -0.2) is 0 Å². The van der Waals surface area contributed by atoms with Crippen LogP contribution in [0.5, 0.6) is 0 Å². The third kappa shape index (κ3) is 1.32. The van der Waals surface area contributed by atoms with Crippen LogP contribution in [0.2, 0.25) is 0 Å². The van der Waals surface area contributed by atoms with E-state index in [0.717, 1.165) is 22.2 Å². The van der Waals surface area contributed by atoms with Crippen LogP contribution in [0, 0.1) is 13.8 Å². The zero-order valence-corrected chi connectivity index (χ0v) is 8.76. The Morgan fingerprint density at radius 2 is 2.00 bits per heavy atom. The number of rotatable bonds is 1. The normalized spacial score (nSPS) is 13.4. The van der Waals surface area contributed by atoms with Crippen LogP contribution in [0.1, 0.15) is 29.8 Å². The number of aliphatic hydroxyl groups is 1. The van der Waals surface area contributed by atoms with Crippen LogP contribution < -0.4 is 0 Å². The summed E-state index contributed by atoms with van der Waals surface area (Å²) in [4.78, 5) is 3.28. The second-order valence-corrected chi connectivity index (χ2v) is 3.89. The first kappa shape index (κ1) is 9.28. The van der Waals surface area contributed by atoms with Gasteiger partial charge in [-0.2, -0.15) is 0 Å². The molecule has 1 unspecified atom stereocenters. The highest BCUT2D eigenvalue weighted by Crippen LogP contribution is 2.28. The van der Waals surface area contributed by atoms with Gasteiger partial charge in [0.25, 0.3) is 0 Å². The number of nitrogens with one attached hydrogen (secondary N) is 1. The maximum absolute atomic E-state index is 9.66. The number of aliphatic hydroxyl groups excluding tert-OH is 1. The lowest BCUT2D eigenvalue weighted by Crippen LogP contribution is -1.91. The summed E-state index contributed by atoms with van der Waals surface area (Å²) >= 11 is 0. The lowest BCUT2D eigenvalue weighted by atomic mass is 10.1. The fourth-order valence-corrected chi connectivity index (χ4v) is 2.00. The Hall–Kier alpha value is -1.28. The summed E-state index contributed by atoms with van der Waals surface area (Å²) in [5.74, 6) is 0. The van der Waals surface area contributed by atoms with Crippen LogP contribution in [0.15, 0.2) is 18.2 Å². The minimum atomic E-state index is -0.412. The topological polar surface area (TPSA) is 36.0 Å². The molecule has 2 heteroatoms. The monoisotopic (exact) mass is 189 g/mol. The molecule has 0 aliphatic carbocycles. The lowest BCUT2D eigenvalue weighted by Gasteiger charge is -2.04. The lowest BCUT2D eigenvalue weighted by molar-refractivity contribution is 0.200. The first-order valence-electron chi connectivity index (χ1n) is 4.86. The van der Waals surface area contributed by atoms with Crippen LogP contribution >= 0.6 is 0 Å². The number of hydrogen-bond donors (Lipinski definition) is 2. The Kier molecular flexibility index (Phi) is 2.08. The smallest absolute Gasteiger partial charge is 0.0785 e. The second kappa shape index (κ2) is 3.14. The quantitative estimate of drug-likeness (QED) is 0.711. The standard InChI is InChI=1S/C12H15NO/c1-7-4-5-11-10(6-7)12(9(3)14)8(2)13-11/h4-6,9,13-14H,1-3H3. The highest BCUT2D eigenvalue weighted by Gasteiger charge is 2.12. The molecular formula is C12H15NO. The number of H-pyrrole nitrogens is 1. The molecule has 0 saturated carbocycles. The molecule has 0 saturated heterocycles. The fourth-order valence-electron chi connectivity index (χ4n) is 2.00. The highest BCUT2D eigenvalue weighted by atomic mass is 16.3. The third-order valence-corrected chi connectivity index (χ3v) is 2.61. The van der Waals surface area contributed by atoms with E-state index in [0.29, 0.717) is 0 Å². The average molecular weight is 189 g/mol. The summed E-state index contributed by atoms with van der Waals surface area (Å²) in [7, 11) is 0. The molecule has 74 valence electrons. The summed E-state index contributed by atoms with van der Waals surface area (Å²) in [5.41, 5.74) is 4.40. The van der Waals surface area contributed by atoms with Gasteiger partial charge in [0, 0.05) is 22.2 Å². The van der Waals surface area contributed by atoms with Crippen molar-refractivity contribution in [2.45, 2.75) is 26.9 Å². The Balaban J connectivity index is 2.79. The van der Waals surface area contributed by atoms with Gasteiger partial charge in [-0.05, 0) is 32.9 Å². The Morgan fingerprint density at radius 1 is 1.29 bits per heavy atom. The van der Waals surface area contributed by atoms with E-state index in [4.69, 9.17) is 0 Å². The number of fused-ring (bicyclic) bond motifs is 1. The van der Waals surface area contributed by atoms with E-state index >= 15 is 0 Å². The molecule has 14 heavy (non-hydrogen) atoms. The van der Waals surface area contributed by atoms with Gasteiger partial charge >= 0.3 is 0 Å². The molecule has 1 aromatic heterocycles. The minimum absolute atomic E-state index is 0.412. The molecular weight excluding hydrogens is 174 g/mol. The van der Waals surface area contributed by atoms with E-state index in [2.05, 4.69) is 30.1 Å². The zero-order valence-electron chi connectivity index (χ0n) is 8.76. The molecule has 2 aromatic rings. The van der Waals surface area contributed by atoms with Gasteiger partial charge in [0.1, 0.15) is 0 Å². The van der Waals surface area contributed by atoms with Crippen molar-refractivity contribution >= 4 is 10.9 Å². The zero-order chi connectivity index (χ0) is 10.3. The number of aromatic nitrogens is 1. The van der Waals surface area contributed by atoms with Gasteiger partial charge in [0.05, 0.1) is 6.10 Å². The molecule has 1 atom stereocenters. The van der Waals surface area contributed by atoms with Gasteiger partial charge < -0.3 is 10.1 Å². The van der Waals surface area contributed by atoms with Gasteiger partial charge in [0.2, 0.25) is 0 Å². The SMILES string of the molecule is Cc1ccc2[nH]c(C)c(C(C)O)c2c1. The van der Waals surface area contributed by atoms with Crippen LogP contribution in [0.4, 0.5) is 0 Å². The van der Waals surface area contributed by atoms with Crippen LogP contribution in [-0.2, 0) is 0 Å². The molecule has 0 aliphatic rings. The molecule has 2 N–H and O–H groups in total. The van der Waals surface area contributed by atoms with Crippen LogP contribution in [0.3, 0.4) is 0 Å². The summed E-state index contributed by atoms with van der Waals surface area (Å²) in [5, 5.41) is 10.8. The van der Waals surface area contributed by atoms with Crippen molar-refractivity contribution in [2.75, 3.05) is 0 Å². The van der Waals surface area contributed by atoms with Crippen molar-refractivity contribution in [3.05, 3.63) is 35.0 Å². The predicted octanol–water partition coefficient (Wildman–Crippen LogP) is 2.84. The van der Waals surface area contributed by atoms with Crippen molar-refractivity contribution in [2.24, 2.45) is 0 Å². The summed E-state index contributed by atoms with van der Waals surface area (Å²) in [6.07, 6.45) is -0.412. The third-order valence-electron chi connectivity index (χ3n) is 2.61. The van der Waals surface area contributed by atoms with Crippen molar-refractivity contribution in [1.29, 1.82) is 0 Å².